The first kappa shape index (κ1) is 14.3. The molecule has 1 heterocycles. The minimum Gasteiger partial charge on any atom is -1.00 e. The van der Waals surface area contributed by atoms with Gasteiger partial charge < -0.3 is 12.4 Å². The van der Waals surface area contributed by atoms with Gasteiger partial charge in [0.1, 0.15) is 0 Å². The maximum absolute atomic E-state index is 4.78. The molecule has 0 fully saturated rings. The van der Waals surface area contributed by atoms with Crippen LogP contribution in [0.5, 0.6) is 0 Å². The van der Waals surface area contributed by atoms with Crippen molar-refractivity contribution in [1.29, 1.82) is 0 Å². The van der Waals surface area contributed by atoms with Gasteiger partial charge in [0.15, 0.2) is 0 Å². The second-order valence-electron chi connectivity index (χ2n) is 4.26. The Kier molecular flexibility index (Phi) is 4.82. The topological polar surface area (TPSA) is 12.8 Å². The molecule has 19 heavy (non-hydrogen) atoms. The molecule has 1 N–H and O–H groups in total. The molecule has 1 aliphatic heterocycles. The van der Waals surface area contributed by atoms with E-state index in [0.717, 1.165) is 5.76 Å². The number of benzene rings is 2. The molecule has 0 bridgehead atoms. The van der Waals surface area contributed by atoms with E-state index in [1.165, 1.54) is 20.2 Å². The van der Waals surface area contributed by atoms with Crippen LogP contribution in [0.3, 0.4) is 0 Å². The van der Waals surface area contributed by atoms with Crippen molar-refractivity contribution in [3.8, 4) is 0 Å². The molecular weight excluding hydrogens is 371 g/mol. The van der Waals surface area contributed by atoms with Gasteiger partial charge in [0.05, 0.1) is 0 Å². The Balaban J connectivity index is 0.00000133. The van der Waals surface area contributed by atoms with Crippen LogP contribution in [0.1, 0.15) is 16.7 Å². The van der Waals surface area contributed by atoms with Gasteiger partial charge in [-0.05, 0) is 0 Å². The average Bonchev–Trinajstić information content (AvgIpc) is 2.90. The molecule has 0 aliphatic carbocycles. The summed E-state index contributed by atoms with van der Waals surface area (Å²) in [5.74, 6) is 1.16. The van der Waals surface area contributed by atoms with Crippen LogP contribution in [-0.2, 0) is 0 Å². The summed E-state index contributed by atoms with van der Waals surface area (Å²) >= 11 is -0.417. The monoisotopic (exact) mass is 387 g/mol. The molecule has 0 spiro atoms. The number of rotatable bonds is 2. The average molecular weight is 385 g/mol. The maximum Gasteiger partial charge on any atom is -1.00 e. The van der Waals surface area contributed by atoms with Gasteiger partial charge in [0.25, 0.3) is 0 Å². The van der Waals surface area contributed by atoms with Crippen LogP contribution >= 0.6 is 0 Å². The van der Waals surface area contributed by atoms with Gasteiger partial charge in [-0.15, -0.1) is 0 Å². The van der Waals surface area contributed by atoms with Crippen LogP contribution in [0.2, 0.25) is 0 Å². The zero-order chi connectivity index (χ0) is 12.4. The van der Waals surface area contributed by atoms with E-state index in [0.29, 0.717) is 0 Å². The summed E-state index contributed by atoms with van der Waals surface area (Å²) < 4.78 is 6.21. The predicted molar refractivity (Wildman–Crippen MR) is 77.7 cm³/mol. The van der Waals surface area contributed by atoms with Crippen LogP contribution in [0, 0.1) is 6.92 Å². The van der Waals surface area contributed by atoms with Gasteiger partial charge in [-0.25, -0.2) is 0 Å². The predicted octanol–water partition coefficient (Wildman–Crippen LogP) is -0.279. The number of allylic oxidation sites excluding steroid dienone is 1. The van der Waals surface area contributed by atoms with E-state index in [1.54, 1.807) is 0 Å². The zero-order valence-electron chi connectivity index (χ0n) is 10.5. The second-order valence-corrected chi connectivity index (χ2v) is 6.55. The van der Waals surface area contributed by atoms with Crippen LogP contribution < -0.4 is 12.4 Å². The van der Waals surface area contributed by atoms with Crippen molar-refractivity contribution in [1.82, 2.24) is 0 Å². The summed E-state index contributed by atoms with van der Waals surface area (Å²) in [7, 11) is 0. The first-order valence-corrected chi connectivity index (χ1v) is 8.13. The Morgan fingerprint density at radius 3 is 2.32 bits per heavy atom. The Bertz CT molecular complexity index is 632. The van der Waals surface area contributed by atoms with E-state index >= 15 is 0 Å². The molecule has 97 valence electrons. The summed E-state index contributed by atoms with van der Waals surface area (Å²) in [6.07, 6.45) is 2.26. The van der Waals surface area contributed by atoms with Crippen molar-refractivity contribution in [3.05, 3.63) is 77.4 Å². The number of hydrogen-bond donors (Lipinski definition) is 0. The fourth-order valence-corrected chi connectivity index (χ4v) is 4.15. The maximum atomic E-state index is 4.78. The van der Waals surface area contributed by atoms with Gasteiger partial charge in [0, 0.05) is 0 Å². The van der Waals surface area contributed by atoms with Crippen LogP contribution in [-0.4, -0.2) is 27.5 Å². The molecule has 0 saturated heterocycles. The second kappa shape index (κ2) is 6.39. The van der Waals surface area contributed by atoms with E-state index in [-0.39, 0.29) is 12.4 Å². The zero-order valence-corrected chi connectivity index (χ0v) is 13.6. The molecule has 3 rings (SSSR count). The molecule has 1 nitrogen and oxygen atoms in total. The Labute approximate surface area is 129 Å². The molecule has 0 saturated carbocycles. The molecule has 1 aliphatic rings. The summed E-state index contributed by atoms with van der Waals surface area (Å²) in [4.78, 5) is 0. The van der Waals surface area contributed by atoms with E-state index in [2.05, 4.69) is 67.6 Å². The van der Waals surface area contributed by atoms with Crippen molar-refractivity contribution < 1.29 is 15.5 Å². The van der Waals surface area contributed by atoms with E-state index in [4.69, 9.17) is 3.10 Å². The quantitative estimate of drug-likeness (QED) is 0.499. The molecule has 3 heteroatoms. The Hall–Kier alpha value is -1.07. The summed E-state index contributed by atoms with van der Waals surface area (Å²) in [6, 6.07) is 19.1. The van der Waals surface area contributed by atoms with Gasteiger partial charge in [-0.1, -0.05) is 0 Å². The number of hydrogen-bond acceptors (Lipinski definition) is 0. The fraction of sp³-hybridized carbons (Fsp3) is 0.0625. The summed E-state index contributed by atoms with van der Waals surface area (Å²) in [5, 5.41) is 0. The molecule has 0 aromatic heterocycles. The first-order chi connectivity index (χ1) is 8.84. The Morgan fingerprint density at radius 1 is 0.895 bits per heavy atom. The third-order valence-electron chi connectivity index (χ3n) is 2.99. The number of aryl methyl sites for hydroxylation is 1. The molecule has 2 aromatic rings. The van der Waals surface area contributed by atoms with Crippen LogP contribution in [0.15, 0.2) is 60.7 Å². The summed E-state index contributed by atoms with van der Waals surface area (Å²) in [6.45, 7) is 2.15. The van der Waals surface area contributed by atoms with E-state index < -0.39 is 20.9 Å². The van der Waals surface area contributed by atoms with Crippen molar-refractivity contribution >= 4 is 30.2 Å². The molecule has 2 aromatic carbocycles. The molecule has 0 amide bonds. The van der Waals surface area contributed by atoms with Crippen LogP contribution in [0.25, 0.3) is 5.76 Å². The normalized spacial score (nSPS) is 13.1. The SMILES string of the molecule is Cc1ccccc1C1=CC(c2ccccc2)=[Te][OH+]1.[Cl-]. The van der Waals surface area contributed by atoms with Crippen molar-refractivity contribution in [2.45, 2.75) is 6.92 Å². The third kappa shape index (κ3) is 3.09. The molecular formula is C16H14ClOTe. The van der Waals surface area contributed by atoms with Crippen molar-refractivity contribution in [2.24, 2.45) is 0 Å². The van der Waals surface area contributed by atoms with Gasteiger partial charge in [-0.2, -0.15) is 0 Å². The summed E-state index contributed by atoms with van der Waals surface area (Å²) in [5.41, 5.74) is 3.90. The first-order valence-electron chi connectivity index (χ1n) is 5.93. The van der Waals surface area contributed by atoms with Crippen molar-refractivity contribution in [2.75, 3.05) is 0 Å². The van der Waals surface area contributed by atoms with Gasteiger partial charge in [0.2, 0.25) is 0 Å². The Morgan fingerprint density at radius 2 is 1.58 bits per heavy atom. The van der Waals surface area contributed by atoms with Gasteiger partial charge >= 0.3 is 118 Å². The smallest absolute Gasteiger partial charge is 1.00 e. The molecule has 0 unspecified atom stereocenters. The molecule has 0 atom stereocenters. The van der Waals surface area contributed by atoms with E-state index in [1.807, 2.05) is 0 Å². The number of aliphatic hydroxyl groups is 1. The van der Waals surface area contributed by atoms with E-state index in [9.17, 15) is 0 Å². The minimum atomic E-state index is -0.417. The minimum absolute atomic E-state index is 0. The van der Waals surface area contributed by atoms with Crippen LogP contribution in [0.4, 0.5) is 0 Å². The fourth-order valence-electron chi connectivity index (χ4n) is 2.00. The van der Waals surface area contributed by atoms with Crippen molar-refractivity contribution in [3.63, 3.8) is 0 Å². The number of halogens is 1. The standard InChI is InChI=1S/C16H14OTe.ClH/c1-12-7-5-6-10-14(12)15-11-16(18-17-15)13-8-3-2-4-9-13;/h2-11,17H,1H3;1H/q+1;/p-1. The van der Waals surface area contributed by atoms with Gasteiger partial charge in [-0.3, -0.25) is 0 Å². The largest absolute Gasteiger partial charge is 1.00 e. The molecule has 1 radical (unpaired) electrons. The third-order valence-corrected chi connectivity index (χ3v) is 5.38.